The zero-order valence-corrected chi connectivity index (χ0v) is 20.3. The smallest absolute Gasteiger partial charge is 0.288 e. The second-order valence-corrected chi connectivity index (χ2v) is 8.42. The van der Waals surface area contributed by atoms with Gasteiger partial charge in [0.25, 0.3) is 6.02 Å². The van der Waals surface area contributed by atoms with Crippen LogP contribution in [-0.2, 0) is 13.1 Å². The van der Waals surface area contributed by atoms with E-state index in [4.69, 9.17) is 16.2 Å². The number of nitrogens with zero attached hydrogens (tertiary/aromatic N) is 2. The number of guanidine groups is 1. The zero-order chi connectivity index (χ0) is 25.2. The van der Waals surface area contributed by atoms with Gasteiger partial charge in [0.1, 0.15) is 5.75 Å². The van der Waals surface area contributed by atoms with Gasteiger partial charge in [0.15, 0.2) is 5.96 Å². The molecule has 6 heteroatoms. The van der Waals surface area contributed by atoms with Gasteiger partial charge in [-0.15, -0.1) is 0 Å². The lowest BCUT2D eigenvalue weighted by atomic mass is 10.0. The molecular formula is C30H31N5O. The Hall–Kier alpha value is -4.58. The Balaban J connectivity index is 1.39. The van der Waals surface area contributed by atoms with Crippen LogP contribution in [0.1, 0.15) is 29.7 Å². The molecule has 1 unspecified atom stereocenters. The lowest BCUT2D eigenvalue weighted by Gasteiger charge is -2.11. The number of nitrogens with one attached hydrogen (secondary N) is 1. The van der Waals surface area contributed by atoms with Crippen molar-refractivity contribution in [1.82, 2.24) is 5.32 Å². The van der Waals surface area contributed by atoms with Crippen molar-refractivity contribution in [1.29, 1.82) is 0 Å². The molecule has 0 aliphatic rings. The average molecular weight is 478 g/mol. The molecule has 0 aliphatic carbocycles. The van der Waals surface area contributed by atoms with E-state index >= 15 is 0 Å². The monoisotopic (exact) mass is 477 g/mol. The van der Waals surface area contributed by atoms with Crippen molar-refractivity contribution in [3.8, 4) is 16.9 Å². The Morgan fingerprint density at radius 2 is 1.42 bits per heavy atom. The van der Waals surface area contributed by atoms with Crippen molar-refractivity contribution in [3.63, 3.8) is 0 Å². The minimum atomic E-state index is -0.0961. The summed E-state index contributed by atoms with van der Waals surface area (Å²) in [6, 6.07) is 36.1. The molecule has 0 amide bonds. The fraction of sp³-hybridized carbons (Fsp3) is 0.133. The predicted molar refractivity (Wildman–Crippen MR) is 148 cm³/mol. The number of ether oxygens (including phenoxy) is 1. The number of hydrogen-bond acceptors (Lipinski definition) is 3. The summed E-state index contributed by atoms with van der Waals surface area (Å²) in [7, 11) is 0. The number of amidine groups is 1. The second kappa shape index (κ2) is 12.2. The zero-order valence-electron chi connectivity index (χ0n) is 20.3. The van der Waals surface area contributed by atoms with E-state index in [9.17, 15) is 0 Å². The van der Waals surface area contributed by atoms with Crippen LogP contribution in [0.5, 0.6) is 5.75 Å². The summed E-state index contributed by atoms with van der Waals surface area (Å²) in [5.74, 6) is 1.05. The van der Waals surface area contributed by atoms with Gasteiger partial charge in [-0.3, -0.25) is 0 Å². The SMILES string of the molecule is CC(N=C(N)Oc1cccc(-c2cccc(CN=C(N)NCc3ccccc3)c2)c1)c1ccccc1. The molecule has 0 saturated carbocycles. The summed E-state index contributed by atoms with van der Waals surface area (Å²) in [6.45, 7) is 3.11. The average Bonchev–Trinajstić information content (AvgIpc) is 2.92. The van der Waals surface area contributed by atoms with E-state index in [0.717, 1.165) is 27.8 Å². The Labute approximate surface area is 212 Å². The fourth-order valence-electron chi connectivity index (χ4n) is 3.75. The minimum absolute atomic E-state index is 0.0961. The van der Waals surface area contributed by atoms with Gasteiger partial charge in [-0.1, -0.05) is 91.0 Å². The van der Waals surface area contributed by atoms with E-state index in [0.29, 0.717) is 24.8 Å². The molecule has 182 valence electrons. The van der Waals surface area contributed by atoms with Gasteiger partial charge >= 0.3 is 0 Å². The molecule has 0 fully saturated rings. The molecule has 36 heavy (non-hydrogen) atoms. The summed E-state index contributed by atoms with van der Waals surface area (Å²) in [4.78, 5) is 8.95. The maximum absolute atomic E-state index is 6.08. The second-order valence-electron chi connectivity index (χ2n) is 8.42. The van der Waals surface area contributed by atoms with Crippen LogP contribution in [0.15, 0.2) is 119 Å². The molecule has 0 heterocycles. The molecular weight excluding hydrogens is 446 g/mol. The quantitative estimate of drug-likeness (QED) is 0.233. The highest BCUT2D eigenvalue weighted by molar-refractivity contribution is 5.78. The predicted octanol–water partition coefficient (Wildman–Crippen LogP) is 5.41. The van der Waals surface area contributed by atoms with Crippen LogP contribution in [0.4, 0.5) is 0 Å². The van der Waals surface area contributed by atoms with Crippen molar-refractivity contribution in [2.75, 3.05) is 0 Å². The Bertz CT molecular complexity index is 1320. The third-order valence-corrected chi connectivity index (χ3v) is 5.67. The van der Waals surface area contributed by atoms with Crippen LogP contribution in [0.3, 0.4) is 0 Å². The number of rotatable bonds is 8. The minimum Gasteiger partial charge on any atom is -0.426 e. The first-order chi connectivity index (χ1) is 17.6. The molecule has 4 aromatic rings. The van der Waals surface area contributed by atoms with Crippen LogP contribution in [0.25, 0.3) is 11.1 Å². The van der Waals surface area contributed by atoms with Crippen LogP contribution in [0.2, 0.25) is 0 Å². The Kier molecular flexibility index (Phi) is 8.33. The van der Waals surface area contributed by atoms with Gasteiger partial charge in [0.05, 0.1) is 12.6 Å². The first kappa shape index (κ1) is 24.5. The Morgan fingerprint density at radius 3 is 2.17 bits per heavy atom. The highest BCUT2D eigenvalue weighted by atomic mass is 16.5. The lowest BCUT2D eigenvalue weighted by molar-refractivity contribution is 0.532. The fourth-order valence-corrected chi connectivity index (χ4v) is 3.75. The van der Waals surface area contributed by atoms with Gasteiger partial charge in [-0.05, 0) is 52.9 Å². The molecule has 1 atom stereocenters. The van der Waals surface area contributed by atoms with Gasteiger partial charge in [-0.2, -0.15) is 0 Å². The molecule has 0 saturated heterocycles. The summed E-state index contributed by atoms with van der Waals surface area (Å²) < 4.78 is 5.82. The molecule has 4 rings (SSSR count). The molecule has 5 N–H and O–H groups in total. The molecule has 0 bridgehead atoms. The first-order valence-electron chi connectivity index (χ1n) is 11.9. The molecule has 6 nitrogen and oxygen atoms in total. The standard InChI is InChI=1S/C30H31N5O/c1-22(25-13-6-3-7-14-25)35-30(32)36-28-17-9-16-27(19-28)26-15-8-12-24(18-26)21-34-29(31)33-20-23-10-4-2-5-11-23/h2-19,22H,20-21H2,1H3,(H2,32,35)(H3,31,33,34). The van der Waals surface area contributed by atoms with Crippen LogP contribution in [-0.4, -0.2) is 12.0 Å². The molecule has 0 spiro atoms. The third-order valence-electron chi connectivity index (χ3n) is 5.67. The normalized spacial score (nSPS) is 12.7. The highest BCUT2D eigenvalue weighted by Gasteiger charge is 2.07. The molecule has 0 radical (unpaired) electrons. The van der Waals surface area contributed by atoms with Crippen molar-refractivity contribution < 1.29 is 4.74 Å². The van der Waals surface area contributed by atoms with E-state index in [-0.39, 0.29) is 12.1 Å². The maximum atomic E-state index is 6.08. The van der Waals surface area contributed by atoms with E-state index in [1.807, 2.05) is 104 Å². The van der Waals surface area contributed by atoms with Crippen molar-refractivity contribution in [3.05, 3.63) is 126 Å². The summed E-state index contributed by atoms with van der Waals surface area (Å²) in [5, 5.41) is 3.15. The van der Waals surface area contributed by atoms with Gasteiger partial charge in [-0.25, -0.2) is 9.98 Å². The van der Waals surface area contributed by atoms with E-state index in [1.54, 1.807) is 0 Å². The van der Waals surface area contributed by atoms with E-state index < -0.39 is 0 Å². The number of hydrogen-bond donors (Lipinski definition) is 3. The number of benzene rings is 4. The summed E-state index contributed by atoms with van der Waals surface area (Å²) in [5.41, 5.74) is 17.5. The van der Waals surface area contributed by atoms with Gasteiger partial charge in [0, 0.05) is 6.54 Å². The molecule has 0 aliphatic heterocycles. The van der Waals surface area contributed by atoms with Crippen molar-refractivity contribution in [2.24, 2.45) is 21.5 Å². The van der Waals surface area contributed by atoms with Crippen molar-refractivity contribution in [2.45, 2.75) is 26.1 Å². The highest BCUT2D eigenvalue weighted by Crippen LogP contribution is 2.25. The Morgan fingerprint density at radius 1 is 0.778 bits per heavy atom. The van der Waals surface area contributed by atoms with Crippen LogP contribution in [0, 0.1) is 0 Å². The number of nitrogens with two attached hydrogens (primary N) is 2. The van der Waals surface area contributed by atoms with E-state index in [2.05, 4.69) is 27.4 Å². The van der Waals surface area contributed by atoms with Gasteiger partial charge in [0.2, 0.25) is 0 Å². The van der Waals surface area contributed by atoms with Gasteiger partial charge < -0.3 is 21.5 Å². The summed E-state index contributed by atoms with van der Waals surface area (Å²) >= 11 is 0. The van der Waals surface area contributed by atoms with Crippen LogP contribution < -0.4 is 21.5 Å². The van der Waals surface area contributed by atoms with Crippen LogP contribution >= 0.6 is 0 Å². The summed E-state index contributed by atoms with van der Waals surface area (Å²) in [6.07, 6.45) is 0. The topological polar surface area (TPSA) is 98.0 Å². The third kappa shape index (κ3) is 7.21. The maximum Gasteiger partial charge on any atom is 0.288 e. The molecule has 0 aromatic heterocycles. The first-order valence-corrected chi connectivity index (χ1v) is 11.9. The largest absolute Gasteiger partial charge is 0.426 e. The number of aliphatic imine (C=N–C) groups is 2. The van der Waals surface area contributed by atoms with E-state index in [1.165, 1.54) is 0 Å². The molecule has 4 aromatic carbocycles. The lowest BCUT2D eigenvalue weighted by Crippen LogP contribution is -2.31. The van der Waals surface area contributed by atoms with Crippen molar-refractivity contribution >= 4 is 12.0 Å².